The molecule has 1 heteroatoms. The Morgan fingerprint density at radius 1 is 0.397 bits per heavy atom. The Morgan fingerprint density at radius 2 is 0.828 bits per heavy atom. The van der Waals surface area contributed by atoms with E-state index in [9.17, 15) is 0 Å². The zero-order valence-corrected chi connectivity index (χ0v) is 35.9. The first-order chi connectivity index (χ1) is 28.5. The van der Waals surface area contributed by atoms with Crippen molar-refractivity contribution in [2.24, 2.45) is 0 Å². The van der Waals surface area contributed by atoms with E-state index in [2.05, 4.69) is 160 Å². The first-order valence-corrected chi connectivity index (χ1v) is 22.9. The number of hydrogen-bond acceptors (Lipinski definition) is 1. The Labute approximate surface area is 350 Å². The van der Waals surface area contributed by atoms with Crippen LogP contribution in [0.4, 0.5) is 17.1 Å². The maximum atomic E-state index is 2.60. The van der Waals surface area contributed by atoms with E-state index in [1.807, 2.05) is 0 Å². The molecule has 1 nitrogen and oxygen atoms in total. The molecular formula is C57H65N. The molecule has 6 aromatic carbocycles. The van der Waals surface area contributed by atoms with Crippen LogP contribution >= 0.6 is 0 Å². The van der Waals surface area contributed by atoms with Crippen LogP contribution in [0.3, 0.4) is 0 Å². The lowest BCUT2D eigenvalue weighted by atomic mass is 9.70. The molecule has 0 saturated carbocycles. The lowest BCUT2D eigenvalue weighted by Gasteiger charge is -2.33. The van der Waals surface area contributed by atoms with Crippen LogP contribution in [0.2, 0.25) is 0 Å². The van der Waals surface area contributed by atoms with Crippen molar-refractivity contribution in [2.45, 2.75) is 136 Å². The molecule has 6 aromatic rings. The molecule has 0 N–H and O–H groups in total. The van der Waals surface area contributed by atoms with E-state index in [4.69, 9.17) is 0 Å². The van der Waals surface area contributed by atoms with Gasteiger partial charge in [0.25, 0.3) is 0 Å². The van der Waals surface area contributed by atoms with Crippen LogP contribution in [-0.2, 0) is 18.3 Å². The number of fused-ring (bicyclic) bond motifs is 4. The molecule has 0 amide bonds. The third-order valence-corrected chi connectivity index (χ3v) is 13.5. The molecule has 2 aliphatic rings. The van der Waals surface area contributed by atoms with Gasteiger partial charge in [-0.25, -0.2) is 0 Å². The SMILES string of the molecule is CCCCCCCCC1(CCCCCCCC)c2cc(C)ccc2-c2ccc(-c3ccc(N(c4ccc(C)cc4)c4ccc(-c5ccc6c(c5)CC6)cc4)cc3)cc21. The van der Waals surface area contributed by atoms with Crippen molar-refractivity contribution in [1.29, 1.82) is 0 Å². The Balaban J connectivity index is 1.11. The zero-order valence-electron chi connectivity index (χ0n) is 35.9. The van der Waals surface area contributed by atoms with E-state index in [0.717, 1.165) is 0 Å². The van der Waals surface area contributed by atoms with Gasteiger partial charge in [0.1, 0.15) is 0 Å². The summed E-state index contributed by atoms with van der Waals surface area (Å²) in [5, 5.41) is 0. The van der Waals surface area contributed by atoms with Gasteiger partial charge >= 0.3 is 0 Å². The largest absolute Gasteiger partial charge is 0.311 e. The second-order valence-electron chi connectivity index (χ2n) is 17.7. The van der Waals surface area contributed by atoms with E-state index in [1.165, 1.54) is 175 Å². The number of nitrogens with zero attached hydrogens (tertiary/aromatic N) is 1. The van der Waals surface area contributed by atoms with Gasteiger partial charge in [-0.15, -0.1) is 0 Å². The van der Waals surface area contributed by atoms with Gasteiger partial charge in [-0.2, -0.15) is 0 Å². The van der Waals surface area contributed by atoms with Crippen molar-refractivity contribution < 1.29 is 0 Å². The summed E-state index contributed by atoms with van der Waals surface area (Å²) in [5.41, 5.74) is 20.6. The summed E-state index contributed by atoms with van der Waals surface area (Å²) >= 11 is 0. The molecule has 8 rings (SSSR count). The van der Waals surface area contributed by atoms with Crippen molar-refractivity contribution in [2.75, 3.05) is 4.90 Å². The van der Waals surface area contributed by atoms with E-state index in [0.29, 0.717) is 0 Å². The minimum Gasteiger partial charge on any atom is -0.311 e. The summed E-state index contributed by atoms with van der Waals surface area (Å²) in [7, 11) is 0. The average molecular weight is 764 g/mol. The van der Waals surface area contributed by atoms with Crippen LogP contribution in [0.15, 0.2) is 127 Å². The number of rotatable bonds is 19. The fraction of sp³-hybridized carbons (Fsp3) is 0.368. The molecule has 0 saturated heterocycles. The van der Waals surface area contributed by atoms with Crippen molar-refractivity contribution >= 4 is 17.1 Å². The van der Waals surface area contributed by atoms with Crippen LogP contribution in [-0.4, -0.2) is 0 Å². The number of hydrogen-bond donors (Lipinski definition) is 0. The summed E-state index contributed by atoms with van der Waals surface area (Å²) in [4.78, 5) is 2.40. The Bertz CT molecular complexity index is 2260. The van der Waals surface area contributed by atoms with Crippen molar-refractivity contribution in [3.63, 3.8) is 0 Å². The molecule has 0 fully saturated rings. The van der Waals surface area contributed by atoms with E-state index in [1.54, 1.807) is 11.1 Å². The van der Waals surface area contributed by atoms with Crippen LogP contribution in [0.5, 0.6) is 0 Å². The van der Waals surface area contributed by atoms with E-state index >= 15 is 0 Å². The molecule has 0 radical (unpaired) electrons. The number of anilines is 3. The molecule has 0 unspecified atom stereocenters. The highest BCUT2D eigenvalue weighted by molar-refractivity contribution is 5.85. The van der Waals surface area contributed by atoms with Gasteiger partial charge < -0.3 is 4.90 Å². The molecule has 0 aliphatic heterocycles. The fourth-order valence-electron chi connectivity index (χ4n) is 9.99. The average Bonchev–Trinajstić information content (AvgIpc) is 3.50. The van der Waals surface area contributed by atoms with Crippen molar-refractivity contribution in [3.8, 4) is 33.4 Å². The molecule has 58 heavy (non-hydrogen) atoms. The van der Waals surface area contributed by atoms with Gasteiger partial charge in [-0.3, -0.25) is 0 Å². The highest BCUT2D eigenvalue weighted by Crippen LogP contribution is 2.55. The zero-order chi connectivity index (χ0) is 39.9. The van der Waals surface area contributed by atoms with E-state index in [-0.39, 0.29) is 5.41 Å². The first-order valence-electron chi connectivity index (χ1n) is 22.9. The number of unbranched alkanes of at least 4 members (excludes halogenated alkanes) is 10. The quantitative estimate of drug-likeness (QED) is 0.0743. The molecule has 0 heterocycles. The third kappa shape index (κ3) is 8.47. The standard InChI is InChI=1S/C57H65N/c1-5-7-9-11-13-15-37-57(38-16-14-12-10-8-6-2)55-39-43(4)19-35-53(55)54-36-28-49(41-56(54)57)46-26-33-52(34-27-46)58(50-29-17-42(3)18-30-50)51-31-24-45(25-32-51)48-23-21-44-20-22-47(44)40-48/h17-19,21,23-36,39-41H,5-16,20,22,37-38H2,1-4H3. The fourth-order valence-corrected chi connectivity index (χ4v) is 9.99. The maximum absolute atomic E-state index is 2.60. The second-order valence-corrected chi connectivity index (χ2v) is 17.7. The lowest BCUT2D eigenvalue weighted by molar-refractivity contribution is 0.398. The summed E-state index contributed by atoms with van der Waals surface area (Å²) in [5.74, 6) is 0. The highest BCUT2D eigenvalue weighted by atomic mass is 15.1. The topological polar surface area (TPSA) is 3.24 Å². The Hall–Kier alpha value is -4.88. The smallest absolute Gasteiger partial charge is 0.0462 e. The predicted molar refractivity (Wildman–Crippen MR) is 251 cm³/mol. The Morgan fingerprint density at radius 3 is 1.36 bits per heavy atom. The number of benzene rings is 6. The van der Waals surface area contributed by atoms with Crippen LogP contribution in [0, 0.1) is 13.8 Å². The monoisotopic (exact) mass is 764 g/mol. The minimum absolute atomic E-state index is 0.0805. The second kappa shape index (κ2) is 18.4. The lowest BCUT2D eigenvalue weighted by Crippen LogP contribution is -2.25. The van der Waals surface area contributed by atoms with Crippen LogP contribution in [0.25, 0.3) is 33.4 Å². The molecule has 2 aliphatic carbocycles. The van der Waals surface area contributed by atoms with Crippen molar-refractivity contribution in [3.05, 3.63) is 161 Å². The molecule has 0 spiro atoms. The summed E-state index contributed by atoms with van der Waals surface area (Å²) in [6, 6.07) is 49.2. The third-order valence-electron chi connectivity index (χ3n) is 13.5. The summed E-state index contributed by atoms with van der Waals surface area (Å²) in [6.45, 7) is 9.10. The predicted octanol–water partition coefficient (Wildman–Crippen LogP) is 17.0. The molecule has 0 bridgehead atoms. The van der Waals surface area contributed by atoms with Gasteiger partial charge in [-0.05, 0) is 138 Å². The van der Waals surface area contributed by atoms with Gasteiger partial charge in [0, 0.05) is 22.5 Å². The highest BCUT2D eigenvalue weighted by Gasteiger charge is 2.42. The minimum atomic E-state index is 0.0805. The van der Waals surface area contributed by atoms with Gasteiger partial charge in [0.2, 0.25) is 0 Å². The molecule has 0 atom stereocenters. The van der Waals surface area contributed by atoms with Gasteiger partial charge in [-0.1, -0.05) is 187 Å². The Kier molecular flexibility index (Phi) is 12.6. The van der Waals surface area contributed by atoms with Crippen LogP contribution < -0.4 is 4.90 Å². The molecule has 298 valence electrons. The van der Waals surface area contributed by atoms with E-state index < -0.39 is 0 Å². The summed E-state index contributed by atoms with van der Waals surface area (Å²) in [6.07, 6.45) is 21.0. The molecular weight excluding hydrogens is 699 g/mol. The molecule has 0 aromatic heterocycles. The first kappa shape index (κ1) is 39.9. The normalized spacial score (nSPS) is 13.4. The van der Waals surface area contributed by atoms with Crippen molar-refractivity contribution in [1.82, 2.24) is 0 Å². The summed E-state index contributed by atoms with van der Waals surface area (Å²) < 4.78 is 0. The van der Waals surface area contributed by atoms with Crippen LogP contribution in [0.1, 0.15) is 137 Å². The number of aryl methyl sites for hydroxylation is 4. The maximum Gasteiger partial charge on any atom is 0.0462 e. The van der Waals surface area contributed by atoms with Gasteiger partial charge in [0.15, 0.2) is 0 Å². The van der Waals surface area contributed by atoms with Gasteiger partial charge in [0.05, 0.1) is 0 Å².